The highest BCUT2D eigenvalue weighted by Crippen LogP contribution is 2.30. The smallest absolute Gasteiger partial charge is 0.303 e. The van der Waals surface area contributed by atoms with Crippen molar-refractivity contribution in [1.29, 1.82) is 0 Å². The third-order valence-electron chi connectivity index (χ3n) is 8.90. The average molecular weight is 653 g/mol. The zero-order chi connectivity index (χ0) is 33.3. The lowest BCUT2D eigenvalue weighted by Gasteiger charge is -2.18. The Labute approximate surface area is 272 Å². The maximum Gasteiger partial charge on any atom is 0.303 e. The molecule has 0 saturated carbocycles. The number of amides is 2. The van der Waals surface area contributed by atoms with Crippen LogP contribution in [0.15, 0.2) is 27.6 Å². The third-order valence-corrected chi connectivity index (χ3v) is 9.45. The lowest BCUT2D eigenvalue weighted by molar-refractivity contribution is -0.138. The number of aliphatic carboxylic acids is 2. The van der Waals surface area contributed by atoms with E-state index < -0.39 is 11.9 Å². The van der Waals surface area contributed by atoms with E-state index in [0.29, 0.717) is 39.0 Å². The van der Waals surface area contributed by atoms with Gasteiger partial charge in [-0.2, -0.15) is 12.6 Å². The second-order valence-electron chi connectivity index (χ2n) is 11.9. The predicted molar refractivity (Wildman–Crippen MR) is 180 cm³/mol. The molecule has 0 radical (unpaired) electrons. The average Bonchev–Trinajstić information content (AvgIpc) is 3.59. The van der Waals surface area contributed by atoms with Gasteiger partial charge < -0.3 is 25.5 Å². The molecule has 0 aliphatic carbocycles. The maximum atomic E-state index is 12.6. The van der Waals surface area contributed by atoms with E-state index in [4.69, 9.17) is 0 Å². The van der Waals surface area contributed by atoms with E-state index in [1.165, 1.54) is 0 Å². The number of carboxylic acids is 2. The molecule has 5 N–H and O–H groups in total. The number of thiol groups is 2. The quantitative estimate of drug-likeness (QED) is 0.174. The Morgan fingerprint density at radius 2 is 1.62 bits per heavy atom. The van der Waals surface area contributed by atoms with Crippen molar-refractivity contribution in [2.45, 2.75) is 78.0 Å². The van der Waals surface area contributed by atoms with Gasteiger partial charge >= 0.3 is 11.9 Å². The van der Waals surface area contributed by atoms with Crippen LogP contribution >= 0.6 is 25.3 Å². The van der Waals surface area contributed by atoms with Gasteiger partial charge in [0.25, 0.3) is 5.91 Å². The lowest BCUT2D eigenvalue weighted by atomic mass is 9.89. The largest absolute Gasteiger partial charge is 0.481 e. The number of aromatic amines is 2. The first-order chi connectivity index (χ1) is 21.1. The SMILES string of the molecule is C=C(S)C1=C(C)[C@@H](Cc2[nH]c(/C=c3\[nH]/c(=C/C4=NC(=O)[C@H](C)[C@H]4[C@H](C)S)c(C)c3CCC(=O)O)c(CCC(=O)O)c2C)NC1=O. The minimum atomic E-state index is -0.930. The summed E-state index contributed by atoms with van der Waals surface area (Å²) in [5.41, 5.74) is 6.82. The highest BCUT2D eigenvalue weighted by Gasteiger charge is 2.36. The number of nitrogens with one attached hydrogen (secondary N) is 3. The summed E-state index contributed by atoms with van der Waals surface area (Å²) in [6, 6.07) is -0.284. The Bertz CT molecular complexity index is 1780. The standard InChI is InChI=1S/C33H40N4O6S2/c1-14-20(7-9-28(38)39)25(34-22(14)11-24-16(3)31(19(6)45)33(43)36-24)13-26-21(8-10-29(40)41)15(2)23(35-26)12-27-30(18(5)44)17(4)32(42)37-27/h12-13,17-18,24,30,34-35,44-45H,6-11H2,1-5H3,(H,36,43)(H,38,39)(H,40,41)/b23-12+,26-13-/t17-,18+,24-,30+/m1/s1. The minimum Gasteiger partial charge on any atom is -0.481 e. The molecule has 4 rings (SSSR count). The number of aromatic nitrogens is 2. The van der Waals surface area contributed by atoms with Crippen LogP contribution in [0.1, 0.15) is 67.3 Å². The normalized spacial score (nSPS) is 21.5. The zero-order valence-corrected chi connectivity index (χ0v) is 27.9. The molecule has 2 aliphatic heterocycles. The summed E-state index contributed by atoms with van der Waals surface area (Å²) < 4.78 is 0. The van der Waals surface area contributed by atoms with Gasteiger partial charge in [-0.05, 0) is 73.6 Å². The van der Waals surface area contributed by atoms with Crippen molar-refractivity contribution in [3.05, 3.63) is 67.0 Å². The molecule has 10 nitrogen and oxygen atoms in total. The molecule has 0 bridgehead atoms. The van der Waals surface area contributed by atoms with Crippen molar-refractivity contribution in [2.24, 2.45) is 16.8 Å². The summed E-state index contributed by atoms with van der Waals surface area (Å²) in [4.78, 5) is 59.7. The molecule has 0 fully saturated rings. The van der Waals surface area contributed by atoms with Crippen LogP contribution < -0.4 is 16.0 Å². The van der Waals surface area contributed by atoms with Gasteiger partial charge in [0.1, 0.15) is 0 Å². The van der Waals surface area contributed by atoms with Gasteiger partial charge in [0.2, 0.25) is 5.91 Å². The second kappa shape index (κ2) is 13.7. The first-order valence-electron chi connectivity index (χ1n) is 14.9. The molecule has 2 amide bonds. The van der Waals surface area contributed by atoms with Crippen LogP contribution in [0.25, 0.3) is 12.2 Å². The van der Waals surface area contributed by atoms with Gasteiger partial charge in [-0.3, -0.25) is 19.2 Å². The summed E-state index contributed by atoms with van der Waals surface area (Å²) in [5.74, 6) is -2.74. The Kier molecular flexibility index (Phi) is 10.4. The van der Waals surface area contributed by atoms with E-state index in [1.54, 1.807) is 0 Å². The first kappa shape index (κ1) is 34.1. The molecule has 4 heterocycles. The van der Waals surface area contributed by atoms with Gasteiger partial charge in [0, 0.05) is 63.3 Å². The van der Waals surface area contributed by atoms with Crippen LogP contribution in [0.5, 0.6) is 0 Å². The fourth-order valence-electron chi connectivity index (χ4n) is 6.36. The van der Waals surface area contributed by atoms with Crippen LogP contribution in [0, 0.1) is 25.7 Å². The number of carbonyl (C=O) groups is 4. The molecular formula is C33H40N4O6S2. The summed E-state index contributed by atoms with van der Waals surface area (Å²) in [5, 5.41) is 23.2. The van der Waals surface area contributed by atoms with Crippen LogP contribution in [0.2, 0.25) is 0 Å². The van der Waals surface area contributed by atoms with E-state index in [-0.39, 0.29) is 60.6 Å². The number of carbonyl (C=O) groups excluding carboxylic acids is 2. The number of carboxylic acid groups (broad SMARTS) is 2. The number of rotatable bonds is 12. The fourth-order valence-corrected chi connectivity index (χ4v) is 7.04. The van der Waals surface area contributed by atoms with Gasteiger partial charge in [-0.1, -0.05) is 20.4 Å². The van der Waals surface area contributed by atoms with Crippen molar-refractivity contribution >= 4 is 66.9 Å². The molecule has 0 unspecified atom stereocenters. The predicted octanol–water partition coefficient (Wildman–Crippen LogP) is 2.96. The Morgan fingerprint density at radius 3 is 2.18 bits per heavy atom. The number of hydrogen-bond donors (Lipinski definition) is 7. The van der Waals surface area contributed by atoms with E-state index in [2.05, 4.69) is 52.1 Å². The number of nitrogens with zero attached hydrogens (tertiary/aromatic N) is 1. The van der Waals surface area contributed by atoms with Crippen LogP contribution in [0.4, 0.5) is 0 Å². The minimum absolute atomic E-state index is 0.0777. The maximum absolute atomic E-state index is 12.6. The Morgan fingerprint density at radius 1 is 1.00 bits per heavy atom. The van der Waals surface area contributed by atoms with Crippen LogP contribution in [-0.2, 0) is 38.4 Å². The lowest BCUT2D eigenvalue weighted by Crippen LogP contribution is -2.30. The topological polar surface area (TPSA) is 165 Å². The fraction of sp³-hybridized carbons (Fsp3) is 0.424. The number of aliphatic imine (C=N–C) groups is 1. The summed E-state index contributed by atoms with van der Waals surface area (Å²) in [6.45, 7) is 13.3. The Hall–Kier alpha value is -3.77. The molecule has 0 spiro atoms. The van der Waals surface area contributed by atoms with E-state index in [1.807, 2.05) is 46.8 Å². The monoisotopic (exact) mass is 652 g/mol. The van der Waals surface area contributed by atoms with Gasteiger partial charge in [-0.25, -0.2) is 4.99 Å². The van der Waals surface area contributed by atoms with Gasteiger partial charge in [0.05, 0.1) is 17.3 Å². The highest BCUT2D eigenvalue weighted by molar-refractivity contribution is 7.84. The van der Waals surface area contributed by atoms with E-state index >= 15 is 0 Å². The van der Waals surface area contributed by atoms with Crippen molar-refractivity contribution in [3.63, 3.8) is 0 Å². The summed E-state index contributed by atoms with van der Waals surface area (Å²) in [7, 11) is 0. The molecule has 2 aliphatic rings. The van der Waals surface area contributed by atoms with Crippen molar-refractivity contribution in [1.82, 2.24) is 15.3 Å². The van der Waals surface area contributed by atoms with Crippen LogP contribution in [-0.4, -0.2) is 60.9 Å². The van der Waals surface area contributed by atoms with E-state index in [9.17, 15) is 29.4 Å². The van der Waals surface area contributed by atoms with Crippen molar-refractivity contribution in [3.8, 4) is 0 Å². The molecule has 2 aromatic rings. The van der Waals surface area contributed by atoms with Gasteiger partial charge in [-0.15, -0.1) is 12.6 Å². The van der Waals surface area contributed by atoms with Crippen LogP contribution in [0.3, 0.4) is 0 Å². The molecule has 0 aromatic carbocycles. The molecule has 12 heteroatoms. The molecule has 4 atom stereocenters. The summed E-state index contributed by atoms with van der Waals surface area (Å²) >= 11 is 8.88. The highest BCUT2D eigenvalue weighted by atomic mass is 32.1. The van der Waals surface area contributed by atoms with Crippen molar-refractivity contribution < 1.29 is 29.4 Å². The van der Waals surface area contributed by atoms with E-state index in [0.717, 1.165) is 33.5 Å². The summed E-state index contributed by atoms with van der Waals surface area (Å²) in [6.07, 6.45) is 4.55. The molecule has 2 aromatic heterocycles. The van der Waals surface area contributed by atoms with Gasteiger partial charge in [0.15, 0.2) is 0 Å². The molecular weight excluding hydrogens is 613 g/mol. The number of hydrogen-bond acceptors (Lipinski definition) is 6. The molecule has 0 saturated heterocycles. The second-order valence-corrected chi connectivity index (χ2v) is 13.3. The zero-order valence-electron chi connectivity index (χ0n) is 26.1. The van der Waals surface area contributed by atoms with Crippen molar-refractivity contribution in [2.75, 3.05) is 0 Å². The molecule has 45 heavy (non-hydrogen) atoms. The molecule has 240 valence electrons. The number of H-pyrrole nitrogens is 2. The first-order valence-corrected chi connectivity index (χ1v) is 15.8. The Balaban J connectivity index is 1.86. The third kappa shape index (κ3) is 7.22.